The van der Waals surface area contributed by atoms with Crippen LogP contribution in [0.15, 0.2) is 12.1 Å². The van der Waals surface area contributed by atoms with E-state index in [1.54, 1.807) is 6.07 Å². The first-order valence-corrected chi connectivity index (χ1v) is 7.32. The first-order valence-electron chi connectivity index (χ1n) is 7.32. The predicted molar refractivity (Wildman–Crippen MR) is 77.1 cm³/mol. The summed E-state index contributed by atoms with van der Waals surface area (Å²) in [4.78, 5) is 11.0. The Morgan fingerprint density at radius 3 is 2.40 bits per heavy atom. The van der Waals surface area contributed by atoms with Crippen LogP contribution in [-0.4, -0.2) is 16.5 Å². The van der Waals surface area contributed by atoms with Gasteiger partial charge in [0, 0.05) is 6.07 Å². The molecule has 0 saturated heterocycles. The Hall–Kier alpha value is -1.51. The first-order chi connectivity index (χ1) is 9.31. The molecule has 3 unspecified atom stereocenters. The SMILES string of the molecule is CC1(C)C2CCC1(C)C(c1cc(C=O)c(O)cc1O)C2. The van der Waals surface area contributed by atoms with Crippen molar-refractivity contribution in [1.29, 1.82) is 0 Å². The summed E-state index contributed by atoms with van der Waals surface area (Å²) >= 11 is 0. The molecular formula is C17H22O3. The lowest BCUT2D eigenvalue weighted by Crippen LogP contribution is -2.31. The topological polar surface area (TPSA) is 57.5 Å². The molecule has 1 aromatic rings. The number of fused-ring (bicyclic) bond motifs is 2. The van der Waals surface area contributed by atoms with Crippen molar-refractivity contribution in [3.63, 3.8) is 0 Å². The Morgan fingerprint density at radius 1 is 1.20 bits per heavy atom. The normalized spacial score (nSPS) is 34.4. The molecule has 0 aliphatic heterocycles. The highest BCUT2D eigenvalue weighted by Gasteiger charge is 2.61. The third-order valence-electron chi connectivity index (χ3n) is 6.47. The van der Waals surface area contributed by atoms with Crippen molar-refractivity contribution in [3.05, 3.63) is 23.3 Å². The van der Waals surface area contributed by atoms with Gasteiger partial charge in [-0.2, -0.15) is 0 Å². The summed E-state index contributed by atoms with van der Waals surface area (Å²) < 4.78 is 0. The van der Waals surface area contributed by atoms with Crippen molar-refractivity contribution in [3.8, 4) is 11.5 Å². The van der Waals surface area contributed by atoms with Crippen LogP contribution < -0.4 is 0 Å². The van der Waals surface area contributed by atoms with Crippen LogP contribution in [0.25, 0.3) is 0 Å². The van der Waals surface area contributed by atoms with Crippen LogP contribution in [0, 0.1) is 16.7 Å². The van der Waals surface area contributed by atoms with Crippen molar-refractivity contribution in [2.24, 2.45) is 16.7 Å². The molecule has 0 radical (unpaired) electrons. The van der Waals surface area contributed by atoms with E-state index in [0.717, 1.165) is 18.4 Å². The van der Waals surface area contributed by atoms with Crippen LogP contribution in [-0.2, 0) is 0 Å². The highest BCUT2D eigenvalue weighted by Crippen LogP contribution is 2.71. The van der Waals surface area contributed by atoms with Gasteiger partial charge in [-0.1, -0.05) is 20.8 Å². The maximum absolute atomic E-state index is 11.0. The smallest absolute Gasteiger partial charge is 0.153 e. The minimum Gasteiger partial charge on any atom is -0.508 e. The van der Waals surface area contributed by atoms with E-state index in [9.17, 15) is 15.0 Å². The van der Waals surface area contributed by atoms with E-state index in [4.69, 9.17) is 0 Å². The number of carbonyl (C=O) groups excluding carboxylic acids is 1. The molecule has 3 heteroatoms. The average Bonchev–Trinajstić information content (AvgIpc) is 2.71. The number of phenolic OH excluding ortho intramolecular Hbond substituents is 2. The van der Waals surface area contributed by atoms with E-state index < -0.39 is 0 Å². The second-order valence-electron chi connectivity index (χ2n) is 7.25. The molecule has 2 aliphatic rings. The summed E-state index contributed by atoms with van der Waals surface area (Å²) in [6.45, 7) is 6.95. The zero-order valence-corrected chi connectivity index (χ0v) is 12.3. The molecule has 0 amide bonds. The number of rotatable bonds is 2. The highest BCUT2D eigenvalue weighted by molar-refractivity contribution is 5.80. The van der Waals surface area contributed by atoms with Gasteiger partial charge in [0.15, 0.2) is 6.29 Å². The molecule has 2 N–H and O–H groups in total. The van der Waals surface area contributed by atoms with Gasteiger partial charge in [-0.3, -0.25) is 4.79 Å². The lowest BCUT2D eigenvalue weighted by Gasteiger charge is -2.39. The fourth-order valence-electron chi connectivity index (χ4n) is 4.66. The number of hydrogen-bond donors (Lipinski definition) is 2. The first kappa shape index (κ1) is 13.5. The van der Waals surface area contributed by atoms with Gasteiger partial charge in [-0.05, 0) is 53.6 Å². The van der Waals surface area contributed by atoms with Crippen molar-refractivity contribution in [2.75, 3.05) is 0 Å². The zero-order chi connectivity index (χ0) is 14.7. The summed E-state index contributed by atoms with van der Waals surface area (Å²) in [5.41, 5.74) is 1.49. The number of aldehydes is 1. The van der Waals surface area contributed by atoms with E-state index in [-0.39, 0.29) is 33.8 Å². The molecule has 2 aliphatic carbocycles. The Balaban J connectivity index is 2.10. The monoisotopic (exact) mass is 274 g/mol. The zero-order valence-electron chi connectivity index (χ0n) is 12.3. The molecule has 3 atom stereocenters. The molecule has 2 saturated carbocycles. The van der Waals surface area contributed by atoms with E-state index in [2.05, 4.69) is 20.8 Å². The minimum atomic E-state index is -0.145. The largest absolute Gasteiger partial charge is 0.508 e. The Labute approximate surface area is 119 Å². The van der Waals surface area contributed by atoms with Crippen LogP contribution in [0.4, 0.5) is 0 Å². The molecule has 0 spiro atoms. The average molecular weight is 274 g/mol. The minimum absolute atomic E-state index is 0.114. The Kier molecular flexibility index (Phi) is 2.69. The molecule has 3 nitrogen and oxygen atoms in total. The molecule has 108 valence electrons. The summed E-state index contributed by atoms with van der Waals surface area (Å²) in [7, 11) is 0. The summed E-state index contributed by atoms with van der Waals surface area (Å²) in [5, 5.41) is 19.9. The van der Waals surface area contributed by atoms with Gasteiger partial charge in [0.1, 0.15) is 11.5 Å². The fraction of sp³-hybridized carbons (Fsp3) is 0.588. The van der Waals surface area contributed by atoms with E-state index in [1.165, 1.54) is 12.5 Å². The molecule has 20 heavy (non-hydrogen) atoms. The molecular weight excluding hydrogens is 252 g/mol. The van der Waals surface area contributed by atoms with Crippen LogP contribution in [0.5, 0.6) is 11.5 Å². The predicted octanol–water partition coefficient (Wildman–Crippen LogP) is 3.84. The standard InChI is InChI=1S/C17H22O3/c1-16(2)11-4-5-17(16,3)13(7-11)12-6-10(9-18)14(19)8-15(12)20/h6,8-9,11,13,19-20H,4-5,7H2,1-3H3. The van der Waals surface area contributed by atoms with Gasteiger partial charge < -0.3 is 10.2 Å². The summed E-state index contributed by atoms with van der Waals surface area (Å²) in [6, 6.07) is 2.98. The van der Waals surface area contributed by atoms with E-state index in [0.29, 0.717) is 12.2 Å². The number of carbonyl (C=O) groups is 1. The van der Waals surface area contributed by atoms with Crippen molar-refractivity contribution in [1.82, 2.24) is 0 Å². The quantitative estimate of drug-likeness (QED) is 0.806. The lowest BCUT2D eigenvalue weighted by molar-refractivity contribution is 0.112. The second kappa shape index (κ2) is 4.00. The van der Waals surface area contributed by atoms with Crippen LogP contribution in [0.1, 0.15) is 61.9 Å². The number of aromatic hydroxyl groups is 2. The molecule has 1 aromatic carbocycles. The van der Waals surface area contributed by atoms with Crippen molar-refractivity contribution < 1.29 is 15.0 Å². The van der Waals surface area contributed by atoms with Gasteiger partial charge in [-0.15, -0.1) is 0 Å². The van der Waals surface area contributed by atoms with Crippen molar-refractivity contribution in [2.45, 2.75) is 46.0 Å². The third-order valence-corrected chi connectivity index (χ3v) is 6.47. The number of hydrogen-bond acceptors (Lipinski definition) is 3. The van der Waals surface area contributed by atoms with Gasteiger partial charge in [0.25, 0.3) is 0 Å². The third kappa shape index (κ3) is 1.49. The van der Waals surface area contributed by atoms with Gasteiger partial charge in [-0.25, -0.2) is 0 Å². The highest BCUT2D eigenvalue weighted by atomic mass is 16.3. The number of phenols is 2. The molecule has 3 rings (SSSR count). The molecule has 2 fully saturated rings. The fourth-order valence-corrected chi connectivity index (χ4v) is 4.66. The van der Waals surface area contributed by atoms with Crippen LogP contribution >= 0.6 is 0 Å². The van der Waals surface area contributed by atoms with E-state index in [1.807, 2.05) is 0 Å². The molecule has 2 bridgehead atoms. The van der Waals surface area contributed by atoms with Crippen LogP contribution in [0.3, 0.4) is 0 Å². The Morgan fingerprint density at radius 2 is 1.90 bits per heavy atom. The summed E-state index contributed by atoms with van der Waals surface area (Å²) in [5.74, 6) is 0.900. The second-order valence-corrected chi connectivity index (χ2v) is 7.25. The number of benzene rings is 1. The molecule has 0 aromatic heterocycles. The lowest BCUT2D eigenvalue weighted by atomic mass is 9.65. The van der Waals surface area contributed by atoms with Gasteiger partial charge >= 0.3 is 0 Å². The summed E-state index contributed by atoms with van der Waals surface area (Å²) in [6.07, 6.45) is 4.12. The molecule has 0 heterocycles. The Bertz CT molecular complexity index is 576. The van der Waals surface area contributed by atoms with E-state index >= 15 is 0 Å². The van der Waals surface area contributed by atoms with Crippen LogP contribution in [0.2, 0.25) is 0 Å². The maximum Gasteiger partial charge on any atom is 0.153 e. The van der Waals surface area contributed by atoms with Gasteiger partial charge in [0.05, 0.1) is 5.56 Å². The maximum atomic E-state index is 11.0. The van der Waals surface area contributed by atoms with Crippen molar-refractivity contribution >= 4 is 6.29 Å². The van der Waals surface area contributed by atoms with Gasteiger partial charge in [0.2, 0.25) is 0 Å².